The molecular weight excluding hydrogens is 438 g/mol. The number of aryl methyl sites for hydroxylation is 1. The van der Waals surface area contributed by atoms with E-state index in [-0.39, 0.29) is 23.3 Å². The van der Waals surface area contributed by atoms with Crippen molar-refractivity contribution in [2.24, 2.45) is 5.92 Å². The maximum absolute atomic E-state index is 13.3. The highest BCUT2D eigenvalue weighted by molar-refractivity contribution is 7.89. The van der Waals surface area contributed by atoms with E-state index >= 15 is 0 Å². The molecule has 33 heavy (non-hydrogen) atoms. The first-order chi connectivity index (χ1) is 15.8. The lowest BCUT2D eigenvalue weighted by atomic mass is 9.97. The minimum absolute atomic E-state index is 0.0743. The maximum atomic E-state index is 13.3. The molecule has 2 saturated heterocycles. The van der Waals surface area contributed by atoms with Crippen LogP contribution in [0.1, 0.15) is 24.0 Å². The van der Waals surface area contributed by atoms with Crippen LogP contribution in [0.25, 0.3) is 0 Å². The van der Waals surface area contributed by atoms with Crippen molar-refractivity contribution >= 4 is 21.6 Å². The summed E-state index contributed by atoms with van der Waals surface area (Å²) in [5.41, 5.74) is 3.78. The number of piperidine rings is 1. The number of benzene rings is 2. The molecule has 0 aromatic heterocycles. The number of piperazine rings is 1. The molecule has 2 aliphatic heterocycles. The van der Waals surface area contributed by atoms with Crippen LogP contribution in [-0.4, -0.2) is 69.9 Å². The highest BCUT2D eigenvalue weighted by Crippen LogP contribution is 2.28. The average Bonchev–Trinajstić information content (AvgIpc) is 2.85. The lowest BCUT2D eigenvalue weighted by Gasteiger charge is -2.40. The minimum atomic E-state index is -3.64. The molecular formula is C25H33N3O4S. The first-order valence-electron chi connectivity index (χ1n) is 11.6. The molecule has 0 bridgehead atoms. The number of methoxy groups -OCH3 is 1. The summed E-state index contributed by atoms with van der Waals surface area (Å²) < 4.78 is 32.9. The first kappa shape index (κ1) is 23.6. The number of nitrogens with zero attached hydrogens (tertiary/aromatic N) is 3. The predicted molar refractivity (Wildman–Crippen MR) is 129 cm³/mol. The van der Waals surface area contributed by atoms with Crippen molar-refractivity contribution in [2.75, 3.05) is 51.3 Å². The minimum Gasteiger partial charge on any atom is -0.497 e. The number of carbonyl (C=O) groups is 1. The molecule has 2 aliphatic rings. The number of amides is 1. The first-order valence-corrected chi connectivity index (χ1v) is 13.0. The monoisotopic (exact) mass is 471 g/mol. The highest BCUT2D eigenvalue weighted by Gasteiger charge is 2.36. The third-order valence-electron chi connectivity index (χ3n) is 6.94. The van der Waals surface area contributed by atoms with E-state index in [0.717, 1.165) is 19.5 Å². The van der Waals surface area contributed by atoms with E-state index in [4.69, 9.17) is 4.74 Å². The molecule has 0 radical (unpaired) electrons. The van der Waals surface area contributed by atoms with Crippen molar-refractivity contribution in [1.29, 1.82) is 0 Å². The van der Waals surface area contributed by atoms with Gasteiger partial charge in [-0.15, -0.1) is 0 Å². The molecule has 0 aliphatic carbocycles. The lowest BCUT2D eigenvalue weighted by Crippen LogP contribution is -2.53. The van der Waals surface area contributed by atoms with Gasteiger partial charge in [-0.05, 0) is 68.1 Å². The fourth-order valence-electron chi connectivity index (χ4n) is 4.76. The van der Waals surface area contributed by atoms with Gasteiger partial charge in [0.25, 0.3) is 0 Å². The molecule has 8 heteroatoms. The van der Waals surface area contributed by atoms with Crippen LogP contribution in [0.15, 0.2) is 47.4 Å². The standard InChI is InChI=1S/C25H33N3O4S/c1-19-6-4-8-24(20(19)2)26-14-16-27(17-15-26)25(29)21-7-5-13-28(18-21)33(30,31)23-11-9-22(32-3)10-12-23/h4,6,8-12,21H,5,7,13-18H2,1-3H3/t21-/m0/s1. The van der Waals surface area contributed by atoms with Crippen LogP contribution in [0.3, 0.4) is 0 Å². The Morgan fingerprint density at radius 1 is 0.970 bits per heavy atom. The summed E-state index contributed by atoms with van der Waals surface area (Å²) in [5, 5.41) is 0. The smallest absolute Gasteiger partial charge is 0.243 e. The Morgan fingerprint density at radius 2 is 1.67 bits per heavy atom. The normalized spacial score (nSPS) is 20.0. The Balaban J connectivity index is 1.39. The Bertz CT molecular complexity index is 1090. The van der Waals surface area contributed by atoms with Crippen molar-refractivity contribution in [2.45, 2.75) is 31.6 Å². The molecule has 0 unspecified atom stereocenters. The van der Waals surface area contributed by atoms with Gasteiger partial charge >= 0.3 is 0 Å². The van der Waals surface area contributed by atoms with Gasteiger partial charge < -0.3 is 14.5 Å². The fraction of sp³-hybridized carbons (Fsp3) is 0.480. The summed E-state index contributed by atoms with van der Waals surface area (Å²) in [4.78, 5) is 17.8. The van der Waals surface area contributed by atoms with E-state index in [1.165, 1.54) is 21.1 Å². The van der Waals surface area contributed by atoms with Gasteiger partial charge in [-0.2, -0.15) is 4.31 Å². The second-order valence-corrected chi connectivity index (χ2v) is 10.8. The molecule has 0 N–H and O–H groups in total. The molecule has 1 amide bonds. The number of hydrogen-bond donors (Lipinski definition) is 0. The summed E-state index contributed by atoms with van der Waals surface area (Å²) >= 11 is 0. The number of rotatable bonds is 5. The second kappa shape index (κ2) is 9.73. The predicted octanol–water partition coefficient (Wildman–Crippen LogP) is 3.06. The van der Waals surface area contributed by atoms with Gasteiger partial charge in [0.15, 0.2) is 0 Å². The van der Waals surface area contributed by atoms with E-state index in [2.05, 4.69) is 36.9 Å². The maximum Gasteiger partial charge on any atom is 0.243 e. The van der Waals surface area contributed by atoms with Crippen molar-refractivity contribution in [3.05, 3.63) is 53.6 Å². The van der Waals surface area contributed by atoms with Crippen LogP contribution in [-0.2, 0) is 14.8 Å². The van der Waals surface area contributed by atoms with Gasteiger partial charge in [0.2, 0.25) is 15.9 Å². The largest absolute Gasteiger partial charge is 0.497 e. The van der Waals surface area contributed by atoms with Gasteiger partial charge in [-0.1, -0.05) is 12.1 Å². The zero-order valence-corrected chi connectivity index (χ0v) is 20.5. The fourth-order valence-corrected chi connectivity index (χ4v) is 6.29. The zero-order chi connectivity index (χ0) is 23.6. The Morgan fingerprint density at radius 3 is 2.33 bits per heavy atom. The van der Waals surface area contributed by atoms with Crippen LogP contribution in [0.4, 0.5) is 5.69 Å². The van der Waals surface area contributed by atoms with Gasteiger partial charge in [0, 0.05) is 45.0 Å². The van der Waals surface area contributed by atoms with Crippen LogP contribution in [0, 0.1) is 19.8 Å². The molecule has 2 heterocycles. The number of ether oxygens (including phenoxy) is 1. The Kier molecular flexibility index (Phi) is 6.95. The summed E-state index contributed by atoms with van der Waals surface area (Å²) in [5.74, 6) is 0.393. The van der Waals surface area contributed by atoms with Crippen molar-refractivity contribution in [3.8, 4) is 5.75 Å². The SMILES string of the molecule is COc1ccc(S(=O)(=O)N2CCC[C@H](C(=O)N3CCN(c4cccc(C)c4C)CC3)C2)cc1. The number of carbonyl (C=O) groups excluding carboxylic acids is 1. The Hall–Kier alpha value is -2.58. The average molecular weight is 472 g/mol. The van der Waals surface area contributed by atoms with E-state index in [1.807, 2.05) is 4.90 Å². The van der Waals surface area contributed by atoms with E-state index in [9.17, 15) is 13.2 Å². The molecule has 1 atom stereocenters. The summed E-state index contributed by atoms with van der Waals surface area (Å²) in [6.45, 7) is 7.84. The van der Waals surface area contributed by atoms with E-state index in [0.29, 0.717) is 31.8 Å². The van der Waals surface area contributed by atoms with Crippen LogP contribution < -0.4 is 9.64 Å². The topological polar surface area (TPSA) is 70.2 Å². The third-order valence-corrected chi connectivity index (χ3v) is 8.82. The van der Waals surface area contributed by atoms with Gasteiger partial charge in [0.1, 0.15) is 5.75 Å². The van der Waals surface area contributed by atoms with Crippen molar-refractivity contribution < 1.29 is 17.9 Å². The second-order valence-electron chi connectivity index (χ2n) is 8.91. The highest BCUT2D eigenvalue weighted by atomic mass is 32.2. The molecule has 0 saturated carbocycles. The molecule has 0 spiro atoms. The van der Waals surface area contributed by atoms with Crippen LogP contribution in [0.2, 0.25) is 0 Å². The quantitative estimate of drug-likeness (QED) is 0.670. The number of sulfonamides is 1. The summed E-state index contributed by atoms with van der Waals surface area (Å²) in [6, 6.07) is 12.8. The Labute approximate surface area is 197 Å². The molecule has 4 rings (SSSR count). The van der Waals surface area contributed by atoms with Crippen molar-refractivity contribution in [1.82, 2.24) is 9.21 Å². The van der Waals surface area contributed by atoms with E-state index in [1.54, 1.807) is 31.4 Å². The van der Waals surface area contributed by atoms with Gasteiger partial charge in [-0.25, -0.2) is 8.42 Å². The van der Waals surface area contributed by atoms with Crippen molar-refractivity contribution in [3.63, 3.8) is 0 Å². The molecule has 2 aromatic carbocycles. The van der Waals surface area contributed by atoms with Crippen LogP contribution in [0.5, 0.6) is 5.75 Å². The van der Waals surface area contributed by atoms with E-state index < -0.39 is 10.0 Å². The lowest BCUT2D eigenvalue weighted by molar-refractivity contribution is -0.137. The molecule has 7 nitrogen and oxygen atoms in total. The summed E-state index contributed by atoms with van der Waals surface area (Å²) in [6.07, 6.45) is 1.42. The molecule has 178 valence electrons. The third kappa shape index (κ3) is 4.87. The van der Waals surface area contributed by atoms with Crippen LogP contribution >= 0.6 is 0 Å². The van der Waals surface area contributed by atoms with Gasteiger partial charge in [-0.3, -0.25) is 4.79 Å². The molecule has 2 fully saturated rings. The van der Waals surface area contributed by atoms with Gasteiger partial charge in [0.05, 0.1) is 17.9 Å². The zero-order valence-electron chi connectivity index (χ0n) is 19.7. The number of hydrogen-bond acceptors (Lipinski definition) is 5. The molecule has 2 aromatic rings. The summed E-state index contributed by atoms with van der Waals surface area (Å²) in [7, 11) is -2.09. The number of anilines is 1.